The number of aromatic nitrogens is 4. The normalized spacial score (nSPS) is 10.6. The fourth-order valence-electron chi connectivity index (χ4n) is 2.84. The van der Waals surface area contributed by atoms with Crippen LogP contribution in [-0.4, -0.2) is 39.4 Å². The summed E-state index contributed by atoms with van der Waals surface area (Å²) in [6.45, 7) is 1.46. The van der Waals surface area contributed by atoms with E-state index in [1.54, 1.807) is 56.5 Å². The van der Waals surface area contributed by atoms with Crippen molar-refractivity contribution in [3.8, 4) is 28.9 Å². The number of anilines is 1. The maximum Gasteiger partial charge on any atom is 0.263 e. The Morgan fingerprint density at radius 2 is 1.97 bits per heavy atom. The van der Waals surface area contributed by atoms with Crippen LogP contribution < -0.4 is 20.3 Å². The molecule has 0 aliphatic carbocycles. The second kappa shape index (κ2) is 8.57. The van der Waals surface area contributed by atoms with Crippen molar-refractivity contribution in [2.45, 2.75) is 6.92 Å². The van der Waals surface area contributed by atoms with E-state index in [9.17, 15) is 9.59 Å². The number of hydrogen-bond acceptors (Lipinski definition) is 7. The molecule has 0 bridgehead atoms. The number of aryl methyl sites for hydroxylation is 1. The van der Waals surface area contributed by atoms with Gasteiger partial charge in [0.25, 0.3) is 11.5 Å². The molecular weight excluding hydrogens is 402 g/mol. The highest BCUT2D eigenvalue weighted by atomic mass is 16.5. The second-order valence-corrected chi connectivity index (χ2v) is 6.53. The van der Waals surface area contributed by atoms with Crippen LogP contribution in [0.1, 0.15) is 5.69 Å². The number of carbonyl (C=O) groups excluding carboxylic acids is 1. The average Bonchev–Trinajstić information content (AvgIpc) is 3.42. The van der Waals surface area contributed by atoms with Crippen LogP contribution in [0.5, 0.6) is 11.5 Å². The smallest absolute Gasteiger partial charge is 0.263 e. The van der Waals surface area contributed by atoms with Crippen molar-refractivity contribution in [3.63, 3.8) is 0 Å². The van der Waals surface area contributed by atoms with Gasteiger partial charge in [-0.05, 0) is 43.3 Å². The molecule has 0 saturated carbocycles. The summed E-state index contributed by atoms with van der Waals surface area (Å²) in [4.78, 5) is 31.3. The number of rotatable bonds is 7. The van der Waals surface area contributed by atoms with E-state index in [2.05, 4.69) is 20.4 Å². The molecule has 1 aromatic carbocycles. The first-order valence-corrected chi connectivity index (χ1v) is 9.31. The minimum absolute atomic E-state index is 0.161. The number of furan rings is 1. The molecule has 0 saturated heterocycles. The molecule has 0 fully saturated rings. The van der Waals surface area contributed by atoms with Crippen molar-refractivity contribution >= 4 is 11.7 Å². The Balaban J connectivity index is 1.57. The zero-order valence-electron chi connectivity index (χ0n) is 16.8. The number of benzene rings is 1. The van der Waals surface area contributed by atoms with Gasteiger partial charge in [-0.15, -0.1) is 0 Å². The van der Waals surface area contributed by atoms with Crippen molar-refractivity contribution in [3.05, 3.63) is 70.8 Å². The molecule has 0 radical (unpaired) electrons. The summed E-state index contributed by atoms with van der Waals surface area (Å²) in [6, 6.07) is 13.3. The average molecular weight is 421 g/mol. The summed E-state index contributed by atoms with van der Waals surface area (Å²) >= 11 is 0. The van der Waals surface area contributed by atoms with Crippen molar-refractivity contribution < 1.29 is 18.7 Å². The van der Waals surface area contributed by atoms with Crippen LogP contribution in [0.4, 0.5) is 5.82 Å². The number of amides is 1. The predicted molar refractivity (Wildman–Crippen MR) is 112 cm³/mol. The molecule has 158 valence electrons. The molecule has 10 heteroatoms. The molecule has 1 amide bonds. The standard InChI is InChI=1S/C21H19N5O5/c1-13-10-19(27)24-21(22-13)26-18(11-16(25-26)17-4-3-9-30-17)23-20(28)12-31-15-7-5-14(29-2)6-8-15/h3-11H,12H2,1-2H3,(H,23,28)(H,22,24,27). The van der Waals surface area contributed by atoms with Gasteiger partial charge in [0, 0.05) is 17.8 Å². The van der Waals surface area contributed by atoms with Gasteiger partial charge in [0.2, 0.25) is 5.95 Å². The summed E-state index contributed by atoms with van der Waals surface area (Å²) in [5.74, 6) is 1.74. The first kappa shape index (κ1) is 20.0. The third-order valence-electron chi connectivity index (χ3n) is 4.24. The van der Waals surface area contributed by atoms with Crippen molar-refractivity contribution in [1.29, 1.82) is 0 Å². The molecule has 4 aromatic rings. The van der Waals surface area contributed by atoms with Gasteiger partial charge in [-0.25, -0.2) is 4.98 Å². The highest BCUT2D eigenvalue weighted by Crippen LogP contribution is 2.24. The lowest BCUT2D eigenvalue weighted by atomic mass is 10.3. The SMILES string of the molecule is COc1ccc(OCC(=O)Nc2cc(-c3ccco3)nn2-c2nc(C)cc(=O)[nH]2)cc1. The maximum absolute atomic E-state index is 12.5. The Labute approximate surface area is 176 Å². The number of nitrogens with one attached hydrogen (secondary N) is 2. The number of H-pyrrole nitrogens is 1. The van der Waals surface area contributed by atoms with E-state index in [4.69, 9.17) is 13.9 Å². The van der Waals surface area contributed by atoms with Crippen LogP contribution in [-0.2, 0) is 4.79 Å². The molecular formula is C21H19N5O5. The summed E-state index contributed by atoms with van der Waals surface area (Å²) in [5.41, 5.74) is 0.632. The zero-order chi connectivity index (χ0) is 21.8. The number of carbonyl (C=O) groups is 1. The number of hydrogen-bond donors (Lipinski definition) is 2. The van der Waals surface area contributed by atoms with Crippen LogP contribution in [0.2, 0.25) is 0 Å². The monoisotopic (exact) mass is 421 g/mol. The van der Waals surface area contributed by atoms with Gasteiger partial charge >= 0.3 is 0 Å². The topological polar surface area (TPSA) is 124 Å². The first-order chi connectivity index (χ1) is 15.0. The molecule has 4 rings (SSSR count). The Bertz CT molecular complexity index is 1240. The summed E-state index contributed by atoms with van der Waals surface area (Å²) in [5, 5.41) is 7.15. The van der Waals surface area contributed by atoms with Gasteiger partial charge in [-0.3, -0.25) is 14.6 Å². The largest absolute Gasteiger partial charge is 0.497 e. The van der Waals surface area contributed by atoms with E-state index >= 15 is 0 Å². The number of methoxy groups -OCH3 is 1. The Morgan fingerprint density at radius 3 is 2.65 bits per heavy atom. The minimum atomic E-state index is -0.419. The van der Waals surface area contributed by atoms with Crippen LogP contribution in [0, 0.1) is 6.92 Å². The zero-order valence-corrected chi connectivity index (χ0v) is 16.8. The fraction of sp³-hybridized carbons (Fsp3) is 0.143. The van der Waals surface area contributed by atoms with Crippen molar-refractivity contribution in [2.75, 3.05) is 19.0 Å². The molecule has 2 N–H and O–H groups in total. The molecule has 0 unspecified atom stereocenters. The molecule has 3 heterocycles. The van der Waals surface area contributed by atoms with Crippen molar-refractivity contribution in [2.24, 2.45) is 0 Å². The molecule has 31 heavy (non-hydrogen) atoms. The molecule has 0 aliphatic rings. The summed E-state index contributed by atoms with van der Waals surface area (Å²) < 4.78 is 17.3. The second-order valence-electron chi connectivity index (χ2n) is 6.53. The Hall–Kier alpha value is -4.34. The Kier molecular flexibility index (Phi) is 5.52. The third-order valence-corrected chi connectivity index (χ3v) is 4.24. The third kappa shape index (κ3) is 4.64. The highest BCUT2D eigenvalue weighted by molar-refractivity contribution is 5.91. The molecule has 3 aromatic heterocycles. The lowest BCUT2D eigenvalue weighted by molar-refractivity contribution is -0.118. The maximum atomic E-state index is 12.5. The predicted octanol–water partition coefficient (Wildman–Crippen LogP) is 2.55. The van der Waals surface area contributed by atoms with Crippen LogP contribution in [0.25, 0.3) is 17.4 Å². The number of aromatic amines is 1. The lowest BCUT2D eigenvalue weighted by Crippen LogP contribution is -2.23. The van der Waals surface area contributed by atoms with E-state index in [0.29, 0.717) is 34.5 Å². The van der Waals surface area contributed by atoms with Crippen molar-refractivity contribution in [1.82, 2.24) is 19.7 Å². The van der Waals surface area contributed by atoms with E-state index in [-0.39, 0.29) is 18.1 Å². The summed E-state index contributed by atoms with van der Waals surface area (Å²) in [6.07, 6.45) is 1.52. The molecule has 10 nitrogen and oxygen atoms in total. The number of ether oxygens (including phenoxy) is 2. The van der Waals surface area contributed by atoms with Gasteiger partial charge in [0.1, 0.15) is 23.0 Å². The molecule has 0 aliphatic heterocycles. The van der Waals surface area contributed by atoms with E-state index in [1.165, 1.54) is 17.0 Å². The molecule has 0 atom stereocenters. The number of nitrogens with zero attached hydrogens (tertiary/aromatic N) is 3. The van der Waals surface area contributed by atoms with Gasteiger partial charge in [0.15, 0.2) is 12.4 Å². The van der Waals surface area contributed by atoms with Gasteiger partial charge in [-0.2, -0.15) is 9.78 Å². The highest BCUT2D eigenvalue weighted by Gasteiger charge is 2.17. The minimum Gasteiger partial charge on any atom is -0.497 e. The lowest BCUT2D eigenvalue weighted by Gasteiger charge is -2.09. The van der Waals surface area contributed by atoms with Gasteiger partial charge < -0.3 is 19.2 Å². The van der Waals surface area contributed by atoms with E-state index in [0.717, 1.165) is 0 Å². The first-order valence-electron chi connectivity index (χ1n) is 9.31. The summed E-state index contributed by atoms with van der Waals surface area (Å²) in [7, 11) is 1.57. The van der Waals surface area contributed by atoms with E-state index in [1.807, 2.05) is 0 Å². The van der Waals surface area contributed by atoms with Crippen LogP contribution in [0.15, 0.2) is 64.0 Å². The van der Waals surface area contributed by atoms with E-state index < -0.39 is 5.91 Å². The quantitative estimate of drug-likeness (QED) is 0.470. The van der Waals surface area contributed by atoms with Gasteiger partial charge in [0.05, 0.1) is 13.4 Å². The van der Waals surface area contributed by atoms with Gasteiger partial charge in [-0.1, -0.05) is 0 Å². The Morgan fingerprint density at radius 1 is 1.19 bits per heavy atom. The molecule has 0 spiro atoms. The van der Waals surface area contributed by atoms with Crippen LogP contribution >= 0.6 is 0 Å². The fourth-order valence-corrected chi connectivity index (χ4v) is 2.84. The van der Waals surface area contributed by atoms with Crippen LogP contribution in [0.3, 0.4) is 0 Å².